The summed E-state index contributed by atoms with van der Waals surface area (Å²) in [5.74, 6) is 1.45. The van der Waals surface area contributed by atoms with Crippen LogP contribution in [-0.4, -0.2) is 85.3 Å². The molecule has 0 unspecified atom stereocenters. The molecule has 3 N–H and O–H groups in total. The predicted molar refractivity (Wildman–Crippen MR) is 134 cm³/mol. The lowest BCUT2D eigenvalue weighted by Gasteiger charge is -2.36. The fraction of sp³-hybridized carbons (Fsp3) is 0.333. The number of aliphatic hydroxyl groups excluding tert-OH is 1. The number of nitrogens with zero attached hydrogens (tertiary/aromatic N) is 8. The molecule has 4 aromatic heterocycles. The summed E-state index contributed by atoms with van der Waals surface area (Å²) >= 11 is 0. The minimum Gasteiger partial charge on any atom is -0.491 e. The standard InChI is InChI=1S/C24H26FN9O3/c25-18-4-3-16(36-13-11-35)14-19(18)32-8-5-31(6-9-32)7-10-33-22-17(15-27-33)23-28-21(20-2-1-12-37-20)30-34(23)24(26)29-22/h1-4,12,14-15,35H,5-11,13H2,(H2,26,29). The number of furan rings is 1. The highest BCUT2D eigenvalue weighted by molar-refractivity contribution is 5.90. The molecule has 0 bridgehead atoms. The Labute approximate surface area is 210 Å². The van der Waals surface area contributed by atoms with Crippen LogP contribution in [0.2, 0.25) is 0 Å². The van der Waals surface area contributed by atoms with E-state index in [4.69, 9.17) is 20.0 Å². The van der Waals surface area contributed by atoms with Gasteiger partial charge in [-0.05, 0) is 24.3 Å². The molecule has 1 aromatic carbocycles. The van der Waals surface area contributed by atoms with E-state index in [0.717, 1.165) is 25.0 Å². The smallest absolute Gasteiger partial charge is 0.225 e. The molecule has 1 aliphatic rings. The largest absolute Gasteiger partial charge is 0.491 e. The van der Waals surface area contributed by atoms with Crippen molar-refractivity contribution in [2.24, 2.45) is 0 Å². The lowest BCUT2D eigenvalue weighted by atomic mass is 10.2. The van der Waals surface area contributed by atoms with Crippen LogP contribution in [0.4, 0.5) is 16.0 Å². The minimum atomic E-state index is -0.286. The first kappa shape index (κ1) is 23.2. The van der Waals surface area contributed by atoms with Crippen LogP contribution in [-0.2, 0) is 6.54 Å². The molecule has 1 fully saturated rings. The number of nitrogen functional groups attached to an aromatic ring is 1. The quantitative estimate of drug-likeness (QED) is 0.319. The van der Waals surface area contributed by atoms with Crippen LogP contribution in [0.25, 0.3) is 28.3 Å². The average molecular weight is 508 g/mol. The van der Waals surface area contributed by atoms with E-state index in [9.17, 15) is 4.39 Å². The zero-order valence-corrected chi connectivity index (χ0v) is 20.0. The van der Waals surface area contributed by atoms with Crippen molar-refractivity contribution in [3.63, 3.8) is 0 Å². The summed E-state index contributed by atoms with van der Waals surface area (Å²) in [6.45, 7) is 4.37. The van der Waals surface area contributed by atoms with Crippen molar-refractivity contribution in [2.75, 3.05) is 56.6 Å². The fourth-order valence-corrected chi connectivity index (χ4v) is 4.57. The van der Waals surface area contributed by atoms with Crippen molar-refractivity contribution in [2.45, 2.75) is 6.54 Å². The predicted octanol–water partition coefficient (Wildman–Crippen LogP) is 1.65. The first-order chi connectivity index (χ1) is 18.1. The summed E-state index contributed by atoms with van der Waals surface area (Å²) in [5, 5.41) is 18.7. The molecule has 1 aliphatic heterocycles. The fourth-order valence-electron chi connectivity index (χ4n) is 4.57. The zero-order valence-electron chi connectivity index (χ0n) is 20.0. The van der Waals surface area contributed by atoms with E-state index in [1.807, 2.05) is 9.58 Å². The average Bonchev–Trinajstić information content (AvgIpc) is 3.67. The molecule has 37 heavy (non-hydrogen) atoms. The first-order valence-corrected chi connectivity index (χ1v) is 12.0. The highest BCUT2D eigenvalue weighted by Crippen LogP contribution is 2.27. The van der Waals surface area contributed by atoms with Gasteiger partial charge in [0, 0.05) is 38.8 Å². The molecular formula is C24H26FN9O3. The van der Waals surface area contributed by atoms with Gasteiger partial charge in [0.1, 0.15) is 18.2 Å². The Morgan fingerprint density at radius 3 is 2.73 bits per heavy atom. The van der Waals surface area contributed by atoms with Gasteiger partial charge in [-0.15, -0.1) is 5.10 Å². The number of hydrogen-bond acceptors (Lipinski definition) is 10. The molecule has 0 amide bonds. The first-order valence-electron chi connectivity index (χ1n) is 12.0. The highest BCUT2D eigenvalue weighted by atomic mass is 19.1. The van der Waals surface area contributed by atoms with Crippen molar-refractivity contribution < 1.29 is 18.7 Å². The van der Waals surface area contributed by atoms with Gasteiger partial charge in [0.2, 0.25) is 11.8 Å². The van der Waals surface area contributed by atoms with Gasteiger partial charge in [-0.2, -0.15) is 14.6 Å². The van der Waals surface area contributed by atoms with Gasteiger partial charge in [0.25, 0.3) is 0 Å². The number of aliphatic hydroxyl groups is 1. The third-order valence-electron chi connectivity index (χ3n) is 6.46. The zero-order chi connectivity index (χ0) is 25.4. The molecule has 192 valence electrons. The number of hydrogen-bond donors (Lipinski definition) is 2. The molecular weight excluding hydrogens is 481 g/mol. The number of rotatable bonds is 8. The van der Waals surface area contributed by atoms with E-state index in [-0.39, 0.29) is 25.0 Å². The van der Waals surface area contributed by atoms with Crippen LogP contribution in [0.1, 0.15) is 0 Å². The maximum Gasteiger partial charge on any atom is 0.225 e. The van der Waals surface area contributed by atoms with Crippen LogP contribution < -0.4 is 15.4 Å². The van der Waals surface area contributed by atoms with Crippen LogP contribution in [0, 0.1) is 5.82 Å². The van der Waals surface area contributed by atoms with Crippen LogP contribution in [0.15, 0.2) is 47.2 Å². The summed E-state index contributed by atoms with van der Waals surface area (Å²) in [7, 11) is 0. The second-order valence-electron chi connectivity index (χ2n) is 8.74. The van der Waals surface area contributed by atoms with E-state index in [2.05, 4.69) is 25.1 Å². The van der Waals surface area contributed by atoms with E-state index < -0.39 is 0 Å². The van der Waals surface area contributed by atoms with Gasteiger partial charge < -0.3 is 24.9 Å². The summed E-state index contributed by atoms with van der Waals surface area (Å²) in [5.41, 5.74) is 7.91. The molecule has 6 rings (SSSR count). The number of aromatic nitrogens is 6. The number of halogens is 1. The maximum absolute atomic E-state index is 14.5. The molecule has 1 saturated heterocycles. The van der Waals surface area contributed by atoms with E-state index in [1.165, 1.54) is 10.6 Å². The number of ether oxygens (including phenoxy) is 1. The second kappa shape index (κ2) is 9.67. The van der Waals surface area contributed by atoms with Gasteiger partial charge in [-0.25, -0.2) is 14.1 Å². The van der Waals surface area contributed by atoms with Crippen LogP contribution in [0.3, 0.4) is 0 Å². The monoisotopic (exact) mass is 507 g/mol. The maximum atomic E-state index is 14.5. The van der Waals surface area contributed by atoms with Crippen molar-refractivity contribution in [1.82, 2.24) is 34.3 Å². The molecule has 0 spiro atoms. The van der Waals surface area contributed by atoms with Gasteiger partial charge in [-0.3, -0.25) is 4.90 Å². The van der Waals surface area contributed by atoms with Crippen LogP contribution >= 0.6 is 0 Å². The van der Waals surface area contributed by atoms with Gasteiger partial charge in [0.15, 0.2) is 17.1 Å². The Kier molecular flexibility index (Phi) is 6.06. The lowest BCUT2D eigenvalue weighted by molar-refractivity contribution is 0.201. The third-order valence-corrected chi connectivity index (χ3v) is 6.46. The topological polar surface area (TPSA) is 136 Å². The van der Waals surface area contributed by atoms with Crippen molar-refractivity contribution >= 4 is 28.3 Å². The Morgan fingerprint density at radius 1 is 1.08 bits per heavy atom. The molecule has 5 aromatic rings. The normalized spacial score (nSPS) is 14.7. The Balaban J connectivity index is 1.13. The molecule has 12 nitrogen and oxygen atoms in total. The Hall–Kier alpha value is -4.23. The van der Waals surface area contributed by atoms with E-state index in [0.29, 0.717) is 54.0 Å². The molecule has 0 aliphatic carbocycles. The number of nitrogens with two attached hydrogens (primary N) is 1. The number of benzene rings is 1. The molecule has 0 saturated carbocycles. The van der Waals surface area contributed by atoms with Gasteiger partial charge >= 0.3 is 0 Å². The van der Waals surface area contributed by atoms with Crippen molar-refractivity contribution in [3.05, 3.63) is 48.6 Å². The molecule has 0 radical (unpaired) electrons. The summed E-state index contributed by atoms with van der Waals surface area (Å²) in [6.07, 6.45) is 3.29. The molecule has 13 heteroatoms. The number of piperazine rings is 1. The number of anilines is 2. The lowest BCUT2D eigenvalue weighted by Crippen LogP contribution is -2.47. The van der Waals surface area contributed by atoms with Gasteiger partial charge in [-0.1, -0.05) is 0 Å². The summed E-state index contributed by atoms with van der Waals surface area (Å²) in [4.78, 5) is 13.4. The highest BCUT2D eigenvalue weighted by Gasteiger charge is 2.21. The second-order valence-corrected chi connectivity index (χ2v) is 8.74. The molecule has 5 heterocycles. The molecule has 0 atom stereocenters. The number of fused-ring (bicyclic) bond motifs is 3. The third kappa shape index (κ3) is 4.42. The Morgan fingerprint density at radius 2 is 1.95 bits per heavy atom. The van der Waals surface area contributed by atoms with Gasteiger partial charge in [0.05, 0.1) is 36.7 Å². The van der Waals surface area contributed by atoms with Crippen molar-refractivity contribution in [1.29, 1.82) is 0 Å². The summed E-state index contributed by atoms with van der Waals surface area (Å²) in [6, 6.07) is 8.23. The minimum absolute atomic E-state index is 0.0884. The van der Waals surface area contributed by atoms with Crippen molar-refractivity contribution in [3.8, 4) is 17.3 Å². The van der Waals surface area contributed by atoms with E-state index in [1.54, 1.807) is 36.7 Å². The Bertz CT molecular complexity index is 1520. The van der Waals surface area contributed by atoms with Crippen LogP contribution in [0.5, 0.6) is 5.75 Å². The summed E-state index contributed by atoms with van der Waals surface area (Å²) < 4.78 is 28.6. The SMILES string of the molecule is Nc1nc2c(cnn2CCN2CCN(c3cc(OCCO)ccc3F)CC2)c2nc(-c3ccco3)nn12. The van der Waals surface area contributed by atoms with E-state index >= 15 is 0 Å².